The topological polar surface area (TPSA) is 110 Å². The molecule has 5 N–H and O–H groups in total. The summed E-state index contributed by atoms with van der Waals surface area (Å²) in [5, 5.41) is 43.5. The summed E-state index contributed by atoms with van der Waals surface area (Å²) in [4.78, 5) is 12.4. The zero-order valence-corrected chi connectivity index (χ0v) is 35.3. The van der Waals surface area contributed by atoms with Gasteiger partial charge in [0.2, 0.25) is 5.91 Å². The van der Waals surface area contributed by atoms with Crippen LogP contribution in [0, 0.1) is 0 Å². The number of hydrogen-bond acceptors (Lipinski definition) is 5. The zero-order chi connectivity index (χ0) is 38.9. The Morgan fingerprint density at radius 3 is 1.19 bits per heavy atom. The molecule has 0 radical (unpaired) electrons. The van der Waals surface area contributed by atoms with Crippen LogP contribution >= 0.6 is 0 Å². The Hall–Kier alpha value is -1.21. The molecular formula is C47H91NO5. The van der Waals surface area contributed by atoms with E-state index in [1.54, 1.807) is 0 Å². The maximum Gasteiger partial charge on any atom is 0.249 e. The summed E-state index contributed by atoms with van der Waals surface area (Å²) in [5.74, 6) is -0.600. The second-order valence-electron chi connectivity index (χ2n) is 16.1. The molecule has 4 atom stereocenters. The number of rotatable bonds is 42. The van der Waals surface area contributed by atoms with Crippen molar-refractivity contribution in [2.45, 2.75) is 263 Å². The Morgan fingerprint density at radius 1 is 0.453 bits per heavy atom. The first-order valence-electron chi connectivity index (χ1n) is 23.2. The minimum absolute atomic E-state index is 0.361. The van der Waals surface area contributed by atoms with E-state index >= 15 is 0 Å². The van der Waals surface area contributed by atoms with Gasteiger partial charge in [-0.15, -0.1) is 0 Å². The fraction of sp³-hybridized carbons (Fsp3) is 0.894. The van der Waals surface area contributed by atoms with Gasteiger partial charge in [0.25, 0.3) is 0 Å². The third-order valence-electron chi connectivity index (χ3n) is 10.9. The van der Waals surface area contributed by atoms with Crippen molar-refractivity contribution in [3.05, 3.63) is 24.3 Å². The van der Waals surface area contributed by atoms with Gasteiger partial charge in [-0.3, -0.25) is 4.79 Å². The predicted molar refractivity (Wildman–Crippen MR) is 228 cm³/mol. The quantitative estimate of drug-likeness (QED) is 0.0315. The van der Waals surface area contributed by atoms with Crippen molar-refractivity contribution in [3.63, 3.8) is 0 Å². The first-order valence-corrected chi connectivity index (χ1v) is 23.2. The normalized spacial score (nSPS) is 14.3. The maximum absolute atomic E-state index is 12.4. The molecule has 0 aromatic heterocycles. The number of unbranched alkanes of at least 4 members (excludes halogenated alkanes) is 29. The van der Waals surface area contributed by atoms with Crippen molar-refractivity contribution < 1.29 is 25.2 Å². The van der Waals surface area contributed by atoms with Crippen molar-refractivity contribution in [3.8, 4) is 0 Å². The number of nitrogens with one attached hydrogen (secondary N) is 1. The number of aliphatic hydroxyl groups is 4. The van der Waals surface area contributed by atoms with Crippen molar-refractivity contribution in [1.29, 1.82) is 0 Å². The van der Waals surface area contributed by atoms with Crippen molar-refractivity contribution in [2.24, 2.45) is 0 Å². The van der Waals surface area contributed by atoms with Gasteiger partial charge in [0, 0.05) is 0 Å². The van der Waals surface area contributed by atoms with E-state index in [-0.39, 0.29) is 0 Å². The minimum Gasteiger partial charge on any atom is -0.394 e. The van der Waals surface area contributed by atoms with E-state index in [1.807, 2.05) is 0 Å². The Labute approximate surface area is 329 Å². The highest BCUT2D eigenvalue weighted by Crippen LogP contribution is 2.16. The fourth-order valence-corrected chi connectivity index (χ4v) is 7.19. The van der Waals surface area contributed by atoms with E-state index in [4.69, 9.17) is 0 Å². The molecule has 0 saturated heterocycles. The van der Waals surface area contributed by atoms with Crippen LogP contribution in [-0.2, 0) is 4.79 Å². The highest BCUT2D eigenvalue weighted by atomic mass is 16.3. The summed E-state index contributed by atoms with van der Waals surface area (Å²) in [6.45, 7) is 4.01. The summed E-state index contributed by atoms with van der Waals surface area (Å²) in [6, 6.07) is -1.00. The van der Waals surface area contributed by atoms with E-state index in [1.165, 1.54) is 167 Å². The molecule has 0 heterocycles. The van der Waals surface area contributed by atoms with E-state index in [0.717, 1.165) is 38.5 Å². The van der Waals surface area contributed by atoms with Crippen LogP contribution in [0.1, 0.15) is 239 Å². The standard InChI is InChI=1S/C47H91NO5/c1-3-5-7-9-11-13-14-15-16-17-18-19-20-21-22-23-24-25-26-27-28-29-30-31-33-34-36-38-40-44(50)46(52)43(42-49)48-47(53)45(51)41-39-37-35-32-12-10-8-6-4-2/h28-29,33-34,43-46,49-52H,3-27,30-32,35-42H2,1-2H3,(H,48,53)/b29-28+,34-33+. The lowest BCUT2D eigenvalue weighted by molar-refractivity contribution is -0.132. The predicted octanol–water partition coefficient (Wildman–Crippen LogP) is 12.4. The number of aliphatic hydroxyl groups excluding tert-OH is 4. The summed E-state index contributed by atoms with van der Waals surface area (Å²) in [7, 11) is 0. The average molecular weight is 750 g/mol. The molecule has 6 heteroatoms. The van der Waals surface area contributed by atoms with Crippen molar-refractivity contribution >= 4 is 5.91 Å². The van der Waals surface area contributed by atoms with Gasteiger partial charge in [-0.1, -0.05) is 212 Å². The number of carbonyl (C=O) groups is 1. The minimum atomic E-state index is -1.29. The largest absolute Gasteiger partial charge is 0.394 e. The van der Waals surface area contributed by atoms with Gasteiger partial charge in [-0.05, 0) is 51.4 Å². The third kappa shape index (κ3) is 36.2. The van der Waals surface area contributed by atoms with E-state index < -0.39 is 36.9 Å². The van der Waals surface area contributed by atoms with Crippen LogP contribution in [0.2, 0.25) is 0 Å². The Kier molecular flexibility index (Phi) is 41.0. The maximum atomic E-state index is 12.4. The number of carbonyl (C=O) groups excluding carboxylic acids is 1. The molecule has 314 valence electrons. The van der Waals surface area contributed by atoms with Crippen LogP contribution in [0.4, 0.5) is 0 Å². The molecule has 53 heavy (non-hydrogen) atoms. The van der Waals surface area contributed by atoms with E-state index in [0.29, 0.717) is 19.3 Å². The first kappa shape index (κ1) is 51.8. The van der Waals surface area contributed by atoms with Crippen LogP contribution in [0.15, 0.2) is 24.3 Å². The lowest BCUT2D eigenvalue weighted by Gasteiger charge is -2.27. The highest BCUT2D eigenvalue weighted by molar-refractivity contribution is 5.80. The summed E-state index contributed by atoms with van der Waals surface area (Å²) >= 11 is 0. The number of allylic oxidation sites excluding steroid dienone is 4. The van der Waals surface area contributed by atoms with Gasteiger partial charge in [0.15, 0.2) is 0 Å². The van der Waals surface area contributed by atoms with Gasteiger partial charge in [-0.25, -0.2) is 0 Å². The fourth-order valence-electron chi connectivity index (χ4n) is 7.19. The number of amides is 1. The second kappa shape index (κ2) is 41.9. The van der Waals surface area contributed by atoms with Crippen molar-refractivity contribution in [1.82, 2.24) is 5.32 Å². The molecule has 0 bridgehead atoms. The van der Waals surface area contributed by atoms with E-state index in [9.17, 15) is 25.2 Å². The lowest BCUT2D eigenvalue weighted by Crippen LogP contribution is -2.53. The number of hydrogen-bond donors (Lipinski definition) is 5. The molecule has 0 aliphatic heterocycles. The molecule has 0 aliphatic carbocycles. The van der Waals surface area contributed by atoms with Gasteiger partial charge in [0.05, 0.1) is 18.8 Å². The van der Waals surface area contributed by atoms with Crippen molar-refractivity contribution in [2.75, 3.05) is 6.61 Å². The second-order valence-corrected chi connectivity index (χ2v) is 16.1. The molecule has 0 aromatic rings. The van der Waals surface area contributed by atoms with Crippen LogP contribution in [0.3, 0.4) is 0 Å². The molecule has 0 aromatic carbocycles. The first-order chi connectivity index (χ1) is 26.0. The van der Waals surface area contributed by atoms with E-state index in [2.05, 4.69) is 43.5 Å². The summed E-state index contributed by atoms with van der Waals surface area (Å²) in [5.41, 5.74) is 0. The highest BCUT2D eigenvalue weighted by Gasteiger charge is 2.28. The molecule has 4 unspecified atom stereocenters. The third-order valence-corrected chi connectivity index (χ3v) is 10.9. The van der Waals surface area contributed by atoms with Crippen LogP contribution in [-0.4, -0.2) is 57.3 Å². The van der Waals surface area contributed by atoms with Crippen LogP contribution < -0.4 is 5.32 Å². The van der Waals surface area contributed by atoms with Crippen LogP contribution in [0.25, 0.3) is 0 Å². The zero-order valence-electron chi connectivity index (χ0n) is 35.3. The van der Waals surface area contributed by atoms with Gasteiger partial charge < -0.3 is 25.7 Å². The molecule has 0 saturated carbocycles. The Bertz CT molecular complexity index is 802. The van der Waals surface area contributed by atoms with Gasteiger partial charge >= 0.3 is 0 Å². The molecule has 1 amide bonds. The van der Waals surface area contributed by atoms with Gasteiger partial charge in [0.1, 0.15) is 12.2 Å². The molecule has 0 fully saturated rings. The monoisotopic (exact) mass is 750 g/mol. The summed E-state index contributed by atoms with van der Waals surface area (Å²) in [6.07, 6.45) is 48.2. The molecular weight excluding hydrogens is 659 g/mol. The molecule has 0 spiro atoms. The Morgan fingerprint density at radius 2 is 0.792 bits per heavy atom. The Balaban J connectivity index is 3.66. The molecule has 6 nitrogen and oxygen atoms in total. The average Bonchev–Trinajstić information content (AvgIpc) is 3.16. The SMILES string of the molecule is CCCCCCCCCCCCCCCCCCCCC/C=C/CC/C=C/CCCC(O)C(O)C(CO)NC(=O)C(O)CCCCCCCCCCC. The van der Waals surface area contributed by atoms with Gasteiger partial charge in [-0.2, -0.15) is 0 Å². The molecule has 0 rings (SSSR count). The lowest BCUT2D eigenvalue weighted by atomic mass is 10.00. The smallest absolute Gasteiger partial charge is 0.249 e. The summed E-state index contributed by atoms with van der Waals surface area (Å²) < 4.78 is 0. The molecule has 0 aliphatic rings. The van der Waals surface area contributed by atoms with Crippen LogP contribution in [0.5, 0.6) is 0 Å².